The molecule has 0 aromatic heterocycles. The van der Waals surface area contributed by atoms with Crippen molar-refractivity contribution in [2.75, 3.05) is 97.6 Å². The minimum absolute atomic E-state index is 0.118. The maximum absolute atomic E-state index is 12.1. The molecule has 300 valence electrons. The van der Waals surface area contributed by atoms with Crippen molar-refractivity contribution in [3.05, 3.63) is 23.8 Å². The Labute approximate surface area is 318 Å². The second-order valence-electron chi connectivity index (χ2n) is 14.5. The van der Waals surface area contributed by atoms with Crippen molar-refractivity contribution < 1.29 is 33.3 Å². The molecule has 2 saturated carbocycles. The summed E-state index contributed by atoms with van der Waals surface area (Å²) in [7, 11) is 0. The molecule has 1 aromatic rings. The lowest BCUT2D eigenvalue weighted by atomic mass is 9.92. The number of carbonyl (C=O) groups is 2. The average Bonchev–Trinajstić information content (AvgIpc) is 3.85. The fourth-order valence-corrected chi connectivity index (χ4v) is 7.41. The first-order valence-corrected chi connectivity index (χ1v) is 20.2. The van der Waals surface area contributed by atoms with E-state index in [-0.39, 0.29) is 11.5 Å². The van der Waals surface area contributed by atoms with Crippen LogP contribution >= 0.6 is 0 Å². The number of nitrogens with one attached hydrogen (secondary N) is 2. The first kappa shape index (κ1) is 44.7. The molecule has 0 saturated heterocycles. The maximum Gasteiger partial charge on any atom is 0.250 e. The van der Waals surface area contributed by atoms with Crippen molar-refractivity contribution in [1.82, 2.24) is 4.90 Å². The Balaban J connectivity index is 1.14. The molecule has 1 amide bonds. The number of amides is 1. The number of benzene rings is 1. The molecule has 2 aliphatic carbocycles. The third-order valence-corrected chi connectivity index (χ3v) is 10.1. The van der Waals surface area contributed by atoms with Gasteiger partial charge in [0, 0.05) is 56.5 Å². The number of rotatable bonds is 31. The van der Waals surface area contributed by atoms with Crippen molar-refractivity contribution >= 4 is 34.5 Å². The molecular weight excluding hydrogens is 674 g/mol. The highest BCUT2D eigenvalue weighted by Gasteiger charge is 2.24. The molecule has 0 heterocycles. The summed E-state index contributed by atoms with van der Waals surface area (Å²) in [5.41, 5.74) is 7.97. The molecule has 0 bridgehead atoms. The van der Waals surface area contributed by atoms with Crippen molar-refractivity contribution in [1.29, 1.82) is 5.41 Å². The van der Waals surface area contributed by atoms with Gasteiger partial charge in [-0.15, -0.1) is 0 Å². The third-order valence-electron chi connectivity index (χ3n) is 10.1. The van der Waals surface area contributed by atoms with Crippen LogP contribution < -0.4 is 11.1 Å². The zero-order valence-electron chi connectivity index (χ0n) is 33.0. The van der Waals surface area contributed by atoms with Gasteiger partial charge < -0.3 is 45.0 Å². The molecular formula is C41H69N5O7. The molecule has 12 nitrogen and oxygen atoms in total. The molecule has 1 unspecified atom stereocenters. The molecule has 0 spiro atoms. The van der Waals surface area contributed by atoms with Crippen molar-refractivity contribution in [2.45, 2.75) is 91.4 Å². The largest absolute Gasteiger partial charge is 0.384 e. The lowest BCUT2D eigenvalue weighted by Gasteiger charge is -2.28. The quantitative estimate of drug-likeness (QED) is 0.0573. The van der Waals surface area contributed by atoms with E-state index in [0.29, 0.717) is 101 Å². The highest BCUT2D eigenvalue weighted by atomic mass is 16.6. The highest BCUT2D eigenvalue weighted by molar-refractivity contribution is 6.21. The molecule has 4 N–H and O–H groups in total. The number of ketones is 1. The number of carbonyl (C=O) groups excluding carboxylic acids is 2. The maximum atomic E-state index is 12.1. The van der Waals surface area contributed by atoms with E-state index in [1.807, 2.05) is 6.92 Å². The molecule has 3 rings (SSSR count). The van der Waals surface area contributed by atoms with Crippen LogP contribution in [0.25, 0.3) is 0 Å². The first-order valence-electron chi connectivity index (χ1n) is 20.2. The fraction of sp³-hybridized carbons (Fsp3) is 0.756. The van der Waals surface area contributed by atoms with Gasteiger partial charge in [0.05, 0.1) is 70.0 Å². The van der Waals surface area contributed by atoms with Crippen LogP contribution in [-0.4, -0.2) is 120 Å². The monoisotopic (exact) mass is 744 g/mol. The van der Waals surface area contributed by atoms with Gasteiger partial charge >= 0.3 is 0 Å². The molecule has 1 atom stereocenters. The van der Waals surface area contributed by atoms with Crippen LogP contribution in [0.3, 0.4) is 0 Å². The lowest BCUT2D eigenvalue weighted by molar-refractivity contribution is -0.117. The number of nitrogens with two attached hydrogens (primary N) is 1. The van der Waals surface area contributed by atoms with Gasteiger partial charge in [0.25, 0.3) is 5.91 Å². The van der Waals surface area contributed by atoms with Crippen LogP contribution in [0.15, 0.2) is 23.2 Å². The molecule has 0 radical (unpaired) electrons. The topological polar surface area (TPSA) is 158 Å². The number of hydrogen-bond donors (Lipinski definition) is 3. The second-order valence-corrected chi connectivity index (χ2v) is 14.5. The summed E-state index contributed by atoms with van der Waals surface area (Å²) in [6.45, 7) is 14.8. The Morgan fingerprint density at radius 3 is 1.75 bits per heavy atom. The second kappa shape index (κ2) is 26.9. The fourth-order valence-electron chi connectivity index (χ4n) is 7.41. The molecule has 0 aliphatic heterocycles. The summed E-state index contributed by atoms with van der Waals surface area (Å²) in [5, 5.41) is 11.3. The zero-order chi connectivity index (χ0) is 38.1. The van der Waals surface area contributed by atoms with Gasteiger partial charge in [0.15, 0.2) is 0 Å². The number of primary amides is 1. The summed E-state index contributed by atoms with van der Waals surface area (Å²) in [6.07, 6.45) is 13.7. The van der Waals surface area contributed by atoms with Gasteiger partial charge in [-0.25, -0.2) is 0 Å². The number of anilines is 1. The predicted molar refractivity (Wildman–Crippen MR) is 212 cm³/mol. The Kier molecular flexibility index (Phi) is 22.7. The third kappa shape index (κ3) is 18.4. The minimum Gasteiger partial charge on any atom is -0.384 e. The summed E-state index contributed by atoms with van der Waals surface area (Å²) < 4.78 is 28.4. The van der Waals surface area contributed by atoms with E-state index in [9.17, 15) is 9.59 Å². The van der Waals surface area contributed by atoms with E-state index in [1.165, 1.54) is 71.4 Å². The summed E-state index contributed by atoms with van der Waals surface area (Å²) in [6, 6.07) is 5.06. The van der Waals surface area contributed by atoms with E-state index < -0.39 is 11.8 Å². The predicted octanol–water partition coefficient (Wildman–Crippen LogP) is 6.47. The van der Waals surface area contributed by atoms with Crippen LogP contribution in [0.5, 0.6) is 0 Å². The summed E-state index contributed by atoms with van der Waals surface area (Å²) in [4.78, 5) is 31.5. The molecule has 12 heteroatoms. The van der Waals surface area contributed by atoms with Crippen LogP contribution in [0.1, 0.15) is 102 Å². The molecule has 1 aromatic carbocycles. The van der Waals surface area contributed by atoms with Crippen LogP contribution in [0.4, 0.5) is 11.4 Å². The summed E-state index contributed by atoms with van der Waals surface area (Å²) in [5.74, 6) is 0.509. The van der Waals surface area contributed by atoms with E-state index in [1.54, 1.807) is 25.1 Å². The Morgan fingerprint density at radius 1 is 0.811 bits per heavy atom. The number of Topliss-reactive ketones (excluding diaryl/α,β-unsaturated/α-hetero) is 1. The van der Waals surface area contributed by atoms with Gasteiger partial charge in [0.1, 0.15) is 5.78 Å². The average molecular weight is 744 g/mol. The Bertz CT molecular complexity index is 1200. The van der Waals surface area contributed by atoms with E-state index in [0.717, 1.165) is 31.4 Å². The Morgan fingerprint density at radius 2 is 1.30 bits per heavy atom. The lowest BCUT2D eigenvalue weighted by Crippen LogP contribution is -2.34. The number of nitrogens with zero attached hydrogens (tertiary/aromatic N) is 2. The minimum atomic E-state index is -0.649. The van der Waals surface area contributed by atoms with Crippen molar-refractivity contribution in [3.8, 4) is 0 Å². The van der Waals surface area contributed by atoms with E-state index in [2.05, 4.69) is 15.2 Å². The van der Waals surface area contributed by atoms with Crippen LogP contribution in [0, 0.1) is 23.2 Å². The normalized spacial score (nSPS) is 16.1. The number of ether oxygens (including phenoxy) is 5. The van der Waals surface area contributed by atoms with Gasteiger partial charge in [-0.3, -0.25) is 14.6 Å². The van der Waals surface area contributed by atoms with E-state index >= 15 is 0 Å². The van der Waals surface area contributed by atoms with Gasteiger partial charge in [-0.1, -0.05) is 32.6 Å². The van der Waals surface area contributed by atoms with Crippen molar-refractivity contribution in [2.24, 2.45) is 28.5 Å². The standard InChI is InChI=1S/C41H69N5O7/c1-4-38(40(32(2)42)33(3)47)45-36-15-16-37(41(43)48)39(29-36)44-17-9-19-49-21-23-51-25-27-53-28-26-52-24-22-50-20-10-18-46(30-34-11-5-6-12-34)31-35-13-7-8-14-35/h15-16,29,34-35,40,42,44H,4-14,17-28,30-31H2,1-3H3,(H2,43,48). The van der Waals surface area contributed by atoms with Crippen LogP contribution in [-0.2, 0) is 28.5 Å². The van der Waals surface area contributed by atoms with Crippen LogP contribution in [0.2, 0.25) is 0 Å². The van der Waals surface area contributed by atoms with Crippen molar-refractivity contribution in [3.63, 3.8) is 0 Å². The van der Waals surface area contributed by atoms with Gasteiger partial charge in [-0.2, -0.15) is 0 Å². The van der Waals surface area contributed by atoms with Gasteiger partial charge in [-0.05, 0) is 88.8 Å². The highest BCUT2D eigenvalue weighted by Crippen LogP contribution is 2.29. The zero-order valence-corrected chi connectivity index (χ0v) is 33.0. The SMILES string of the molecule is CCC(=Nc1ccc(C(N)=O)c(NCCCOCCOCCOCCOCCOCCCN(CC2CCCC2)CC2CCCC2)c1)C(C(C)=N)C(C)=O. The molecule has 2 fully saturated rings. The smallest absolute Gasteiger partial charge is 0.250 e. The summed E-state index contributed by atoms with van der Waals surface area (Å²) >= 11 is 0. The number of hydrogen-bond acceptors (Lipinski definition) is 11. The first-order chi connectivity index (χ1) is 25.8. The van der Waals surface area contributed by atoms with Gasteiger partial charge in [0.2, 0.25) is 0 Å². The molecule has 53 heavy (non-hydrogen) atoms. The Hall–Kier alpha value is -2.74. The molecule has 2 aliphatic rings. The van der Waals surface area contributed by atoms with E-state index in [4.69, 9.17) is 34.8 Å². The number of aliphatic imine (C=N–C) groups is 1.